The minimum absolute atomic E-state index is 0.0157. The van der Waals surface area contributed by atoms with Crippen LogP contribution in [0.2, 0.25) is 0 Å². The van der Waals surface area contributed by atoms with Gasteiger partial charge in [0, 0.05) is 22.7 Å². The van der Waals surface area contributed by atoms with E-state index in [0.717, 1.165) is 18.4 Å². The first-order valence-corrected chi connectivity index (χ1v) is 11.4. The van der Waals surface area contributed by atoms with Crippen LogP contribution in [0, 0.1) is 34.0 Å². The lowest BCUT2D eigenvalue weighted by Gasteiger charge is -2.77. The van der Waals surface area contributed by atoms with Crippen LogP contribution >= 0.6 is 0 Å². The summed E-state index contributed by atoms with van der Waals surface area (Å²) in [4.78, 5) is 26.6. The Morgan fingerprint density at radius 2 is 1.87 bits per heavy atom. The first-order valence-electron chi connectivity index (χ1n) is 11.4. The number of hydrogen-bond donors (Lipinski definition) is 1. The molecule has 0 aromatic rings. The number of ether oxygens (including phenoxy) is 3. The fourth-order valence-corrected chi connectivity index (χ4v) is 8.15. The van der Waals surface area contributed by atoms with Gasteiger partial charge in [-0.3, -0.25) is 9.59 Å². The number of hydrogen-bond acceptors (Lipinski definition) is 6. The van der Waals surface area contributed by atoms with Crippen LogP contribution in [-0.4, -0.2) is 47.1 Å². The van der Waals surface area contributed by atoms with Crippen molar-refractivity contribution in [1.82, 2.24) is 0 Å². The van der Waals surface area contributed by atoms with Crippen LogP contribution in [0.3, 0.4) is 0 Å². The van der Waals surface area contributed by atoms with Crippen molar-refractivity contribution in [1.29, 1.82) is 0 Å². The van der Waals surface area contributed by atoms with Crippen LogP contribution in [0.4, 0.5) is 0 Å². The second kappa shape index (κ2) is 5.96. The molecule has 6 heteroatoms. The monoisotopic (exact) mass is 430 g/mol. The third-order valence-corrected chi connectivity index (χ3v) is 9.16. The number of aliphatic hydroxyl groups excluding tert-OH is 1. The average Bonchev–Trinajstić information content (AvgIpc) is 2.65. The molecule has 31 heavy (non-hydrogen) atoms. The van der Waals surface area contributed by atoms with Gasteiger partial charge in [-0.15, -0.1) is 0 Å². The van der Waals surface area contributed by atoms with Crippen LogP contribution < -0.4 is 0 Å². The van der Waals surface area contributed by atoms with E-state index in [2.05, 4.69) is 6.58 Å². The molecule has 0 amide bonds. The third kappa shape index (κ3) is 2.18. The highest BCUT2D eigenvalue weighted by Gasteiger charge is 2.86. The number of carbonyl (C=O) groups excluding carboxylic acids is 2. The van der Waals surface area contributed by atoms with Crippen molar-refractivity contribution in [2.75, 3.05) is 6.61 Å². The van der Waals surface area contributed by atoms with Gasteiger partial charge in [0.05, 0.1) is 12.7 Å². The second-order valence-corrected chi connectivity index (χ2v) is 11.5. The summed E-state index contributed by atoms with van der Waals surface area (Å²) in [7, 11) is 0. The van der Waals surface area contributed by atoms with E-state index in [-0.39, 0.29) is 23.4 Å². The minimum Gasteiger partial charge on any atom is -0.387 e. The highest BCUT2D eigenvalue weighted by atomic mass is 16.8. The molecule has 6 aliphatic rings. The van der Waals surface area contributed by atoms with Gasteiger partial charge >= 0.3 is 0 Å². The summed E-state index contributed by atoms with van der Waals surface area (Å²) in [5.74, 6) is -3.39. The van der Waals surface area contributed by atoms with Crippen molar-refractivity contribution in [3.63, 3.8) is 0 Å². The minimum atomic E-state index is -1.57. The molecule has 8 atom stereocenters. The van der Waals surface area contributed by atoms with Crippen molar-refractivity contribution >= 4 is 11.6 Å². The Labute approximate surface area is 184 Å². The Bertz CT molecular complexity index is 917. The molecule has 5 fully saturated rings. The molecule has 0 radical (unpaired) electrons. The first-order chi connectivity index (χ1) is 14.3. The number of ketones is 2. The number of carbonyl (C=O) groups is 2. The van der Waals surface area contributed by atoms with Crippen molar-refractivity contribution in [3.8, 4) is 0 Å². The molecule has 3 aliphatic carbocycles. The third-order valence-electron chi connectivity index (χ3n) is 9.16. The Morgan fingerprint density at radius 3 is 2.48 bits per heavy atom. The molecule has 0 aromatic heterocycles. The van der Waals surface area contributed by atoms with Crippen LogP contribution in [-0.2, 0) is 23.8 Å². The molecule has 2 bridgehead atoms. The summed E-state index contributed by atoms with van der Waals surface area (Å²) in [5.41, 5.74) is -1.67. The molecule has 6 rings (SSSR count). The molecule has 170 valence electrons. The predicted octanol–water partition coefficient (Wildman–Crippen LogP) is 3.18. The highest BCUT2D eigenvalue weighted by Crippen LogP contribution is 2.75. The van der Waals surface area contributed by atoms with Crippen molar-refractivity contribution in [2.45, 2.75) is 78.2 Å². The summed E-state index contributed by atoms with van der Waals surface area (Å²) in [6.45, 7) is 15.4. The van der Waals surface area contributed by atoms with Gasteiger partial charge in [0.1, 0.15) is 17.3 Å². The molecule has 1 N–H and O–H groups in total. The fraction of sp³-hybridized carbons (Fsp3) is 0.760. The molecule has 6 nitrogen and oxygen atoms in total. The maximum absolute atomic E-state index is 13.7. The zero-order valence-corrected chi connectivity index (χ0v) is 19.4. The highest BCUT2D eigenvalue weighted by molar-refractivity contribution is 5.96. The Balaban J connectivity index is 1.84. The van der Waals surface area contributed by atoms with Gasteiger partial charge in [-0.05, 0) is 52.5 Å². The molecule has 3 heterocycles. The lowest BCUT2D eigenvalue weighted by atomic mass is 9.35. The van der Waals surface area contributed by atoms with Crippen LogP contribution in [0.1, 0.15) is 54.4 Å². The number of allylic oxidation sites excluding steroid dienone is 1. The van der Waals surface area contributed by atoms with Gasteiger partial charge in [-0.1, -0.05) is 32.1 Å². The van der Waals surface area contributed by atoms with Gasteiger partial charge in [-0.2, -0.15) is 0 Å². The van der Waals surface area contributed by atoms with Crippen LogP contribution in [0.25, 0.3) is 0 Å². The number of rotatable bonds is 2. The molecule has 0 aromatic carbocycles. The molecule has 3 aliphatic heterocycles. The largest absolute Gasteiger partial charge is 0.387 e. The van der Waals surface area contributed by atoms with Crippen LogP contribution in [0.15, 0.2) is 24.3 Å². The molecule has 2 saturated carbocycles. The van der Waals surface area contributed by atoms with Gasteiger partial charge in [0.2, 0.25) is 5.79 Å². The zero-order chi connectivity index (χ0) is 22.8. The quantitative estimate of drug-likeness (QED) is 0.678. The molecular weight excluding hydrogens is 396 g/mol. The van der Waals surface area contributed by atoms with Gasteiger partial charge in [0.25, 0.3) is 0 Å². The van der Waals surface area contributed by atoms with E-state index in [1.54, 1.807) is 26.8 Å². The van der Waals surface area contributed by atoms with E-state index >= 15 is 0 Å². The van der Waals surface area contributed by atoms with Gasteiger partial charge in [-0.25, -0.2) is 0 Å². The smallest absolute Gasteiger partial charge is 0.213 e. The lowest BCUT2D eigenvalue weighted by Crippen LogP contribution is -2.88. The topological polar surface area (TPSA) is 82.1 Å². The Hall–Kier alpha value is -1.34. The molecule has 3 saturated heterocycles. The molecule has 1 unspecified atom stereocenters. The average molecular weight is 431 g/mol. The van der Waals surface area contributed by atoms with E-state index in [9.17, 15) is 14.7 Å². The van der Waals surface area contributed by atoms with E-state index < -0.39 is 45.9 Å². The van der Waals surface area contributed by atoms with E-state index in [1.165, 1.54) is 0 Å². The summed E-state index contributed by atoms with van der Waals surface area (Å²) in [5, 5.41) is 12.0. The SMILES string of the molecule is C=C(C)[C@@H]1CC[C@H]2[C@]34C=CC(=O)C(C)(C)[C@H]3[C@H](O)C3(OC4)OC(C)(C)O[C@H]1[C@@]23C(C)=O. The van der Waals surface area contributed by atoms with Crippen molar-refractivity contribution < 1.29 is 28.9 Å². The van der Waals surface area contributed by atoms with Crippen molar-refractivity contribution in [2.24, 2.45) is 34.0 Å². The maximum atomic E-state index is 13.7. The number of fused-ring (bicyclic) bond motifs is 1. The standard InChI is InChI=1S/C25H34O6/c1-13(2)15-8-9-16-23-11-10-17(27)21(4,5)18(23)19(28)25(29-12-23)24(16,14(3)26)20(15)30-22(6,7)31-25/h10-11,15-16,18-20,28H,1,8-9,12H2,2-7H3/t15-,16-,18+,19-,20+,23+,24+,25?/m0/s1. The second-order valence-electron chi connectivity index (χ2n) is 11.5. The number of aliphatic hydroxyl groups is 1. The number of Topliss-reactive ketones (excluding diaryl/α,β-unsaturated/α-hetero) is 1. The van der Waals surface area contributed by atoms with E-state index in [1.807, 2.05) is 26.8 Å². The maximum Gasteiger partial charge on any atom is 0.213 e. The molecule has 2 spiro atoms. The summed E-state index contributed by atoms with van der Waals surface area (Å²) < 4.78 is 19.5. The van der Waals surface area contributed by atoms with E-state index in [4.69, 9.17) is 14.2 Å². The van der Waals surface area contributed by atoms with Gasteiger partial charge < -0.3 is 19.3 Å². The predicted molar refractivity (Wildman–Crippen MR) is 113 cm³/mol. The van der Waals surface area contributed by atoms with Gasteiger partial charge in [0.15, 0.2) is 11.6 Å². The summed E-state index contributed by atoms with van der Waals surface area (Å²) >= 11 is 0. The van der Waals surface area contributed by atoms with E-state index in [0.29, 0.717) is 6.61 Å². The Kier molecular flexibility index (Phi) is 4.13. The summed E-state index contributed by atoms with van der Waals surface area (Å²) in [6, 6.07) is 0. The normalized spacial score (nSPS) is 51.1. The van der Waals surface area contributed by atoms with Crippen molar-refractivity contribution in [3.05, 3.63) is 24.3 Å². The molecular formula is C25H34O6. The lowest BCUT2D eigenvalue weighted by molar-refractivity contribution is -0.526. The zero-order valence-electron chi connectivity index (χ0n) is 19.4. The Morgan fingerprint density at radius 1 is 1.19 bits per heavy atom. The van der Waals surface area contributed by atoms with Crippen LogP contribution in [0.5, 0.6) is 0 Å². The first kappa shape index (κ1) is 21.5. The fourth-order valence-electron chi connectivity index (χ4n) is 8.15. The summed E-state index contributed by atoms with van der Waals surface area (Å²) in [6.07, 6.45) is 3.46.